The maximum absolute atomic E-state index is 5.83. The first-order chi connectivity index (χ1) is 8.58. The smallest absolute Gasteiger partial charge is 0.189 e. The van der Waals surface area contributed by atoms with E-state index < -0.39 is 0 Å². The summed E-state index contributed by atoms with van der Waals surface area (Å²) in [5.74, 6) is 1.27. The van der Waals surface area contributed by atoms with Gasteiger partial charge in [-0.15, -0.1) is 0 Å². The van der Waals surface area contributed by atoms with Crippen molar-refractivity contribution in [2.24, 2.45) is 16.6 Å². The van der Waals surface area contributed by atoms with E-state index in [0.717, 1.165) is 18.0 Å². The van der Waals surface area contributed by atoms with Crippen molar-refractivity contribution >= 4 is 5.96 Å². The number of guanidine groups is 1. The molecule has 1 aromatic heterocycles. The van der Waals surface area contributed by atoms with Crippen molar-refractivity contribution in [1.82, 2.24) is 15.5 Å². The van der Waals surface area contributed by atoms with Gasteiger partial charge in [0, 0.05) is 12.2 Å². The molecule has 0 aromatic carbocycles. The van der Waals surface area contributed by atoms with Gasteiger partial charge in [-0.25, -0.2) is 4.99 Å². The van der Waals surface area contributed by atoms with Crippen LogP contribution in [0.2, 0.25) is 0 Å². The Hall–Kier alpha value is -1.52. The third kappa shape index (κ3) is 6.27. The van der Waals surface area contributed by atoms with Gasteiger partial charge in [0.25, 0.3) is 0 Å². The SMILES string of the molecule is CC(C)CCCC(C)NC(N)=NCc1ccn[nH]1. The predicted octanol–water partition coefficient (Wildman–Crippen LogP) is 2.03. The van der Waals surface area contributed by atoms with Crippen LogP contribution < -0.4 is 11.1 Å². The van der Waals surface area contributed by atoms with Gasteiger partial charge in [0.05, 0.1) is 12.2 Å². The zero-order chi connectivity index (χ0) is 13.4. The van der Waals surface area contributed by atoms with E-state index >= 15 is 0 Å². The van der Waals surface area contributed by atoms with Crippen LogP contribution >= 0.6 is 0 Å². The van der Waals surface area contributed by atoms with E-state index in [0.29, 0.717) is 18.5 Å². The van der Waals surface area contributed by atoms with Crippen LogP contribution in [0.4, 0.5) is 0 Å². The summed E-state index contributed by atoms with van der Waals surface area (Å²) in [6.07, 6.45) is 5.32. The highest BCUT2D eigenvalue weighted by molar-refractivity contribution is 5.78. The molecule has 0 spiro atoms. The zero-order valence-corrected chi connectivity index (χ0v) is 11.6. The molecule has 1 atom stereocenters. The summed E-state index contributed by atoms with van der Waals surface area (Å²) < 4.78 is 0. The Morgan fingerprint density at radius 2 is 2.22 bits per heavy atom. The van der Waals surface area contributed by atoms with Crippen molar-refractivity contribution in [3.63, 3.8) is 0 Å². The second-order valence-corrected chi connectivity index (χ2v) is 5.15. The maximum Gasteiger partial charge on any atom is 0.189 e. The summed E-state index contributed by atoms with van der Waals surface area (Å²) in [5, 5.41) is 9.92. The van der Waals surface area contributed by atoms with Gasteiger partial charge >= 0.3 is 0 Å². The number of aromatic nitrogens is 2. The largest absolute Gasteiger partial charge is 0.370 e. The van der Waals surface area contributed by atoms with Gasteiger partial charge in [0.1, 0.15) is 0 Å². The number of hydrogen-bond donors (Lipinski definition) is 3. The van der Waals surface area contributed by atoms with E-state index in [1.54, 1.807) is 6.20 Å². The lowest BCUT2D eigenvalue weighted by molar-refractivity contribution is 0.493. The number of nitrogens with one attached hydrogen (secondary N) is 2. The topological polar surface area (TPSA) is 79.1 Å². The fraction of sp³-hybridized carbons (Fsp3) is 0.692. The van der Waals surface area contributed by atoms with Gasteiger partial charge in [-0.3, -0.25) is 5.10 Å². The molecule has 0 amide bonds. The van der Waals surface area contributed by atoms with Crippen molar-refractivity contribution in [2.45, 2.75) is 52.6 Å². The molecule has 1 unspecified atom stereocenters. The first kappa shape index (κ1) is 14.5. The second-order valence-electron chi connectivity index (χ2n) is 5.15. The lowest BCUT2D eigenvalue weighted by Crippen LogP contribution is -2.38. The van der Waals surface area contributed by atoms with Crippen LogP contribution in [-0.4, -0.2) is 22.2 Å². The molecule has 0 fully saturated rings. The predicted molar refractivity (Wildman–Crippen MR) is 75.2 cm³/mol. The van der Waals surface area contributed by atoms with E-state index in [4.69, 9.17) is 5.73 Å². The van der Waals surface area contributed by atoms with Gasteiger partial charge in [-0.2, -0.15) is 5.10 Å². The van der Waals surface area contributed by atoms with E-state index in [1.165, 1.54) is 12.8 Å². The van der Waals surface area contributed by atoms with Crippen LogP contribution in [0.25, 0.3) is 0 Å². The lowest BCUT2D eigenvalue weighted by atomic mass is 10.0. The van der Waals surface area contributed by atoms with Gasteiger partial charge in [0.15, 0.2) is 5.96 Å². The van der Waals surface area contributed by atoms with Gasteiger partial charge in [0.2, 0.25) is 0 Å². The average molecular weight is 251 g/mol. The number of aliphatic imine (C=N–C) groups is 1. The summed E-state index contributed by atoms with van der Waals surface area (Å²) in [6.45, 7) is 7.17. The first-order valence-corrected chi connectivity index (χ1v) is 6.62. The Morgan fingerprint density at radius 3 is 2.83 bits per heavy atom. The number of aromatic amines is 1. The number of hydrogen-bond acceptors (Lipinski definition) is 2. The Kier molecular flexibility index (Phi) is 6.25. The monoisotopic (exact) mass is 251 g/mol. The van der Waals surface area contributed by atoms with E-state index in [9.17, 15) is 0 Å². The maximum atomic E-state index is 5.83. The molecule has 1 aromatic rings. The van der Waals surface area contributed by atoms with Crippen molar-refractivity contribution in [3.8, 4) is 0 Å². The molecule has 18 heavy (non-hydrogen) atoms. The third-order valence-corrected chi connectivity index (χ3v) is 2.79. The molecule has 5 heteroatoms. The average Bonchev–Trinajstić information content (AvgIpc) is 2.78. The van der Waals surface area contributed by atoms with Crippen LogP contribution in [0.3, 0.4) is 0 Å². The van der Waals surface area contributed by atoms with Gasteiger partial charge < -0.3 is 11.1 Å². The van der Waals surface area contributed by atoms with Gasteiger partial charge in [-0.1, -0.05) is 26.7 Å². The minimum absolute atomic E-state index is 0.370. The molecule has 1 heterocycles. The Balaban J connectivity index is 2.21. The number of nitrogens with two attached hydrogens (primary N) is 1. The molecule has 0 saturated heterocycles. The minimum atomic E-state index is 0.370. The van der Waals surface area contributed by atoms with Crippen molar-refractivity contribution < 1.29 is 0 Å². The highest BCUT2D eigenvalue weighted by atomic mass is 15.1. The Morgan fingerprint density at radius 1 is 1.44 bits per heavy atom. The fourth-order valence-electron chi connectivity index (χ4n) is 1.75. The normalized spacial score (nSPS) is 13.9. The van der Waals surface area contributed by atoms with Crippen molar-refractivity contribution in [3.05, 3.63) is 18.0 Å². The highest BCUT2D eigenvalue weighted by Gasteiger charge is 2.03. The molecule has 0 bridgehead atoms. The number of rotatable bonds is 7. The zero-order valence-electron chi connectivity index (χ0n) is 11.6. The molecule has 0 aliphatic carbocycles. The van der Waals surface area contributed by atoms with Crippen LogP contribution in [0, 0.1) is 5.92 Å². The first-order valence-electron chi connectivity index (χ1n) is 6.62. The van der Waals surface area contributed by atoms with Crippen molar-refractivity contribution in [1.29, 1.82) is 0 Å². The van der Waals surface area contributed by atoms with Crippen LogP contribution in [-0.2, 0) is 6.54 Å². The fourth-order valence-corrected chi connectivity index (χ4v) is 1.75. The van der Waals surface area contributed by atoms with E-state index in [-0.39, 0.29) is 0 Å². The molecule has 0 aliphatic heterocycles. The molecular weight excluding hydrogens is 226 g/mol. The van der Waals surface area contributed by atoms with E-state index in [2.05, 4.69) is 41.3 Å². The molecule has 0 radical (unpaired) electrons. The standard InChI is InChI=1S/C13H25N5/c1-10(2)5-4-6-11(3)17-13(14)15-9-12-7-8-16-18-12/h7-8,10-11H,4-6,9H2,1-3H3,(H,16,18)(H3,14,15,17). The van der Waals surface area contributed by atoms with Crippen LogP contribution in [0.15, 0.2) is 17.3 Å². The molecular formula is C13H25N5. The number of H-pyrrole nitrogens is 1. The molecule has 4 N–H and O–H groups in total. The van der Waals surface area contributed by atoms with E-state index in [1.807, 2.05) is 6.07 Å². The quantitative estimate of drug-likeness (QED) is 0.512. The lowest BCUT2D eigenvalue weighted by Gasteiger charge is -2.14. The van der Waals surface area contributed by atoms with Crippen LogP contribution in [0.1, 0.15) is 45.7 Å². The van der Waals surface area contributed by atoms with Gasteiger partial charge in [-0.05, 0) is 25.3 Å². The minimum Gasteiger partial charge on any atom is -0.370 e. The molecule has 102 valence electrons. The molecule has 5 nitrogen and oxygen atoms in total. The molecule has 0 aliphatic rings. The van der Waals surface area contributed by atoms with Crippen LogP contribution in [0.5, 0.6) is 0 Å². The summed E-state index contributed by atoms with van der Waals surface area (Å²) in [4.78, 5) is 4.26. The molecule has 1 rings (SSSR count). The van der Waals surface area contributed by atoms with Crippen molar-refractivity contribution in [2.75, 3.05) is 0 Å². The molecule has 0 saturated carbocycles. The number of nitrogens with zero attached hydrogens (tertiary/aromatic N) is 2. The Labute approximate surface area is 109 Å². The highest BCUT2D eigenvalue weighted by Crippen LogP contribution is 2.08. The summed E-state index contributed by atoms with van der Waals surface area (Å²) in [7, 11) is 0. The third-order valence-electron chi connectivity index (χ3n) is 2.79. The summed E-state index contributed by atoms with van der Waals surface area (Å²) in [6, 6.07) is 2.26. The summed E-state index contributed by atoms with van der Waals surface area (Å²) >= 11 is 0. The summed E-state index contributed by atoms with van der Waals surface area (Å²) in [5.41, 5.74) is 6.79. The Bertz CT molecular complexity index is 342. The second kappa shape index (κ2) is 7.74.